The first kappa shape index (κ1) is 19.9. The van der Waals surface area contributed by atoms with E-state index in [0.717, 1.165) is 32.4 Å². The van der Waals surface area contributed by atoms with E-state index in [-0.39, 0.29) is 28.9 Å². The highest BCUT2D eigenvalue weighted by Gasteiger charge is 2.60. The maximum Gasteiger partial charge on any atom is 0.228 e. The summed E-state index contributed by atoms with van der Waals surface area (Å²) in [5.74, 6) is 1.54. The Labute approximate surface area is 162 Å². The molecule has 0 N–H and O–H groups in total. The van der Waals surface area contributed by atoms with Crippen molar-refractivity contribution >= 4 is 11.9 Å². The maximum absolute atomic E-state index is 13.1. The van der Waals surface area contributed by atoms with Gasteiger partial charge >= 0.3 is 0 Å². The summed E-state index contributed by atoms with van der Waals surface area (Å²) in [6, 6.07) is 1.96. The van der Waals surface area contributed by atoms with Gasteiger partial charge in [-0.25, -0.2) is 4.98 Å². The summed E-state index contributed by atoms with van der Waals surface area (Å²) in [6.45, 7) is 8.07. The Morgan fingerprint density at radius 3 is 2.48 bits per heavy atom. The number of nitrogens with zero attached hydrogens (tertiary/aromatic N) is 4. The quantitative estimate of drug-likeness (QED) is 0.786. The minimum absolute atomic E-state index is 0.0543. The molecule has 2 atom stereocenters. The molecule has 0 radical (unpaired) electrons. The van der Waals surface area contributed by atoms with E-state index in [0.29, 0.717) is 11.8 Å². The van der Waals surface area contributed by atoms with Crippen LogP contribution in [0.2, 0.25) is 0 Å². The average molecular weight is 377 g/mol. The summed E-state index contributed by atoms with van der Waals surface area (Å²) in [5, 5.41) is 0. The predicted molar refractivity (Wildman–Crippen MR) is 104 cm³/mol. The molecule has 0 bridgehead atoms. The molecule has 1 aliphatic carbocycles. The van der Waals surface area contributed by atoms with E-state index in [4.69, 9.17) is 9.47 Å². The fourth-order valence-corrected chi connectivity index (χ4v) is 4.44. The van der Waals surface area contributed by atoms with Crippen LogP contribution in [0.4, 0.5) is 5.95 Å². The Balaban J connectivity index is 1.59. The van der Waals surface area contributed by atoms with Crippen molar-refractivity contribution in [1.82, 2.24) is 14.9 Å². The largest absolute Gasteiger partial charge is 0.481 e. The summed E-state index contributed by atoms with van der Waals surface area (Å²) < 4.78 is 10.9. The van der Waals surface area contributed by atoms with Gasteiger partial charge in [-0.3, -0.25) is 4.79 Å². The molecule has 0 unspecified atom stereocenters. The Kier molecular flexibility index (Phi) is 5.34. The monoisotopic (exact) mass is 376 g/mol. The third kappa shape index (κ3) is 3.37. The van der Waals surface area contributed by atoms with Crippen LogP contribution in [0, 0.1) is 11.3 Å². The first-order valence-electron chi connectivity index (χ1n) is 9.67. The van der Waals surface area contributed by atoms with Gasteiger partial charge in [0.2, 0.25) is 17.7 Å². The zero-order valence-corrected chi connectivity index (χ0v) is 17.4. The number of rotatable bonds is 5. The lowest BCUT2D eigenvalue weighted by Crippen LogP contribution is -2.69. The number of ether oxygens (including phenoxy) is 2. The van der Waals surface area contributed by atoms with E-state index in [2.05, 4.69) is 35.6 Å². The van der Waals surface area contributed by atoms with Crippen LogP contribution >= 0.6 is 0 Å². The van der Waals surface area contributed by atoms with Crippen molar-refractivity contribution in [3.05, 3.63) is 12.3 Å². The lowest BCUT2D eigenvalue weighted by Gasteiger charge is -2.61. The van der Waals surface area contributed by atoms with E-state index >= 15 is 0 Å². The van der Waals surface area contributed by atoms with Crippen molar-refractivity contribution in [1.29, 1.82) is 0 Å². The van der Waals surface area contributed by atoms with Crippen molar-refractivity contribution in [2.24, 2.45) is 11.3 Å². The highest BCUT2D eigenvalue weighted by molar-refractivity contribution is 5.79. The number of piperidine rings is 1. The van der Waals surface area contributed by atoms with Crippen LogP contribution < -0.4 is 9.64 Å². The molecule has 1 saturated carbocycles. The molecule has 2 fully saturated rings. The molecule has 7 nitrogen and oxygen atoms in total. The molecular weight excluding hydrogens is 344 g/mol. The Morgan fingerprint density at radius 2 is 1.93 bits per heavy atom. The van der Waals surface area contributed by atoms with Crippen LogP contribution in [0.3, 0.4) is 0 Å². The molecule has 0 spiro atoms. The summed E-state index contributed by atoms with van der Waals surface area (Å²) in [4.78, 5) is 25.9. The summed E-state index contributed by atoms with van der Waals surface area (Å²) >= 11 is 0. The standard InChI is InChI=1S/C20H32N4O3/c1-19(2)15(13-20(19,3)27-6)23(4)17(25)14-8-11-24(12-9-14)18-21-10-7-16(22-18)26-5/h7,10,14-15H,8-9,11-13H2,1-6H3/t15-,20-/m1/s1. The molecule has 2 heterocycles. The van der Waals surface area contributed by atoms with Gasteiger partial charge < -0.3 is 19.3 Å². The number of anilines is 1. The van der Waals surface area contributed by atoms with Crippen molar-refractivity contribution in [2.45, 2.75) is 51.7 Å². The van der Waals surface area contributed by atoms with E-state index in [1.165, 1.54) is 0 Å². The van der Waals surface area contributed by atoms with Gasteiger partial charge in [0, 0.05) is 56.9 Å². The van der Waals surface area contributed by atoms with Gasteiger partial charge in [0.05, 0.1) is 12.7 Å². The summed E-state index contributed by atoms with van der Waals surface area (Å²) in [7, 11) is 5.31. The van der Waals surface area contributed by atoms with Gasteiger partial charge in [0.15, 0.2) is 0 Å². The molecule has 0 aromatic carbocycles. The molecule has 150 valence electrons. The molecule has 27 heavy (non-hydrogen) atoms. The predicted octanol–water partition coefficient (Wildman–Crippen LogP) is 2.36. The second kappa shape index (κ2) is 7.26. The highest BCUT2D eigenvalue weighted by Crippen LogP contribution is 2.53. The maximum atomic E-state index is 13.1. The van der Waals surface area contributed by atoms with Gasteiger partial charge in [0.1, 0.15) is 0 Å². The molecule has 1 saturated heterocycles. The Bertz CT molecular complexity index is 688. The van der Waals surface area contributed by atoms with Crippen LogP contribution in [-0.4, -0.2) is 66.8 Å². The van der Waals surface area contributed by atoms with Crippen molar-refractivity contribution in [3.63, 3.8) is 0 Å². The first-order chi connectivity index (χ1) is 12.7. The second-order valence-corrected chi connectivity index (χ2v) is 8.49. The summed E-state index contributed by atoms with van der Waals surface area (Å²) in [6.07, 6.45) is 4.23. The normalized spacial score (nSPS) is 27.8. The van der Waals surface area contributed by atoms with Crippen LogP contribution in [0.15, 0.2) is 12.3 Å². The number of aromatic nitrogens is 2. The number of hydrogen-bond donors (Lipinski definition) is 0. The van der Waals surface area contributed by atoms with Gasteiger partial charge in [-0.05, 0) is 26.2 Å². The molecule has 1 aromatic rings. The molecule has 1 aromatic heterocycles. The van der Waals surface area contributed by atoms with Gasteiger partial charge in [-0.1, -0.05) is 13.8 Å². The second-order valence-electron chi connectivity index (χ2n) is 8.49. The fourth-order valence-electron chi connectivity index (χ4n) is 4.44. The molecular formula is C20H32N4O3. The van der Waals surface area contributed by atoms with E-state index in [1.807, 2.05) is 11.9 Å². The zero-order chi connectivity index (χ0) is 19.8. The topological polar surface area (TPSA) is 67.8 Å². The SMILES string of the molecule is COc1ccnc(N2CCC(C(=O)N(C)[C@@H]3C[C@@](C)(OC)C3(C)C)CC2)n1. The van der Waals surface area contributed by atoms with Crippen LogP contribution in [-0.2, 0) is 9.53 Å². The van der Waals surface area contributed by atoms with E-state index in [1.54, 1.807) is 26.5 Å². The highest BCUT2D eigenvalue weighted by atomic mass is 16.5. The minimum atomic E-state index is -0.167. The van der Waals surface area contributed by atoms with Crippen molar-refractivity contribution < 1.29 is 14.3 Å². The number of amides is 1. The molecule has 3 rings (SSSR count). The molecule has 1 amide bonds. The minimum Gasteiger partial charge on any atom is -0.481 e. The molecule has 2 aliphatic rings. The lowest BCUT2D eigenvalue weighted by molar-refractivity contribution is -0.208. The zero-order valence-electron chi connectivity index (χ0n) is 17.4. The molecule has 7 heteroatoms. The van der Waals surface area contributed by atoms with Crippen molar-refractivity contribution in [3.8, 4) is 5.88 Å². The van der Waals surface area contributed by atoms with Crippen LogP contribution in [0.1, 0.15) is 40.0 Å². The third-order valence-corrected chi connectivity index (χ3v) is 7.00. The van der Waals surface area contributed by atoms with E-state index in [9.17, 15) is 4.79 Å². The number of hydrogen-bond acceptors (Lipinski definition) is 6. The van der Waals surface area contributed by atoms with Gasteiger partial charge in [-0.2, -0.15) is 4.98 Å². The van der Waals surface area contributed by atoms with Crippen LogP contribution in [0.25, 0.3) is 0 Å². The van der Waals surface area contributed by atoms with Crippen LogP contribution in [0.5, 0.6) is 5.88 Å². The van der Waals surface area contributed by atoms with Crippen molar-refractivity contribution in [2.75, 3.05) is 39.3 Å². The average Bonchev–Trinajstić information content (AvgIpc) is 2.70. The number of carbonyl (C=O) groups excluding carboxylic acids is 1. The molecule has 1 aliphatic heterocycles. The van der Waals surface area contributed by atoms with Gasteiger partial charge in [-0.15, -0.1) is 0 Å². The van der Waals surface area contributed by atoms with E-state index < -0.39 is 0 Å². The third-order valence-electron chi connectivity index (χ3n) is 7.00. The first-order valence-corrected chi connectivity index (χ1v) is 9.67. The Hall–Kier alpha value is -1.89. The lowest BCUT2D eigenvalue weighted by atomic mass is 9.55. The number of methoxy groups -OCH3 is 2. The smallest absolute Gasteiger partial charge is 0.228 e. The van der Waals surface area contributed by atoms with Gasteiger partial charge in [0.25, 0.3) is 0 Å². The fraction of sp³-hybridized carbons (Fsp3) is 0.750. The Morgan fingerprint density at radius 1 is 1.26 bits per heavy atom. The number of carbonyl (C=O) groups is 1. The summed E-state index contributed by atoms with van der Waals surface area (Å²) in [5.41, 5.74) is -0.222.